The predicted octanol–water partition coefficient (Wildman–Crippen LogP) is 3.28. The van der Waals surface area contributed by atoms with E-state index < -0.39 is 5.91 Å². The number of imidazole rings is 1. The van der Waals surface area contributed by atoms with Gasteiger partial charge in [-0.25, -0.2) is 19.9 Å². The summed E-state index contributed by atoms with van der Waals surface area (Å²) >= 11 is 0. The Bertz CT molecular complexity index is 1730. The van der Waals surface area contributed by atoms with Gasteiger partial charge in [0.05, 0.1) is 17.9 Å². The number of hydrogen-bond donors (Lipinski definition) is 3. The summed E-state index contributed by atoms with van der Waals surface area (Å²) in [5.41, 5.74) is 11.6. The molecule has 7 heterocycles. The molecule has 4 N–H and O–H groups in total. The number of rotatable bonds is 6. The Morgan fingerprint density at radius 3 is 2.66 bits per heavy atom. The monoisotopic (exact) mass is 548 g/mol. The first-order valence-corrected chi connectivity index (χ1v) is 13.9. The van der Waals surface area contributed by atoms with Crippen LogP contribution in [-0.2, 0) is 6.54 Å². The third-order valence-corrected chi connectivity index (χ3v) is 8.35. The standard InChI is InChI=1S/C30H32N10O/c1-18-13-33-24-11-8-19(15-40(18)24)26-27(23-6-4-12-32-23)37-29(31)28(36-26)30(41)34-14-20-5-3-7-25(35-20)39-16-21-9-10-22(17-39)38(21)2/h3-8,11-13,15,21-22,32H,9-10,14,16-17H2,1-2H3,(H2,31,37)(H,34,41)/t21-,22+. The molecule has 2 bridgehead atoms. The Balaban J connectivity index is 1.15. The molecule has 7 rings (SSSR count). The van der Waals surface area contributed by atoms with Crippen molar-refractivity contribution in [2.24, 2.45) is 0 Å². The number of pyridine rings is 2. The number of carbonyl (C=O) groups excluding carboxylic acids is 1. The lowest BCUT2D eigenvalue weighted by molar-refractivity contribution is 0.0946. The minimum absolute atomic E-state index is 0.0605. The fourth-order valence-electron chi connectivity index (χ4n) is 6.02. The number of aryl methyl sites for hydroxylation is 1. The van der Waals surface area contributed by atoms with Crippen molar-refractivity contribution in [2.45, 2.75) is 38.4 Å². The van der Waals surface area contributed by atoms with Crippen LogP contribution in [0.1, 0.15) is 34.7 Å². The van der Waals surface area contributed by atoms with Gasteiger partial charge in [0.1, 0.15) is 22.9 Å². The number of carbonyl (C=O) groups is 1. The molecule has 0 saturated carbocycles. The Morgan fingerprint density at radius 2 is 1.88 bits per heavy atom. The highest BCUT2D eigenvalue weighted by molar-refractivity contribution is 5.97. The maximum absolute atomic E-state index is 13.4. The van der Waals surface area contributed by atoms with Crippen LogP contribution in [0.25, 0.3) is 28.3 Å². The summed E-state index contributed by atoms with van der Waals surface area (Å²) < 4.78 is 1.98. The second-order valence-electron chi connectivity index (χ2n) is 10.9. The van der Waals surface area contributed by atoms with Crippen molar-refractivity contribution in [1.29, 1.82) is 0 Å². The highest BCUT2D eigenvalue weighted by Gasteiger charge is 2.37. The molecule has 2 aliphatic rings. The van der Waals surface area contributed by atoms with Gasteiger partial charge in [0, 0.05) is 55.0 Å². The van der Waals surface area contributed by atoms with Crippen LogP contribution in [-0.4, -0.2) is 72.3 Å². The molecule has 5 aromatic rings. The molecule has 0 aromatic carbocycles. The van der Waals surface area contributed by atoms with Crippen molar-refractivity contribution in [3.63, 3.8) is 0 Å². The minimum Gasteiger partial charge on any atom is -0.382 e. The number of nitrogen functional groups attached to an aromatic ring is 1. The van der Waals surface area contributed by atoms with Gasteiger partial charge in [-0.05, 0) is 63.2 Å². The number of fused-ring (bicyclic) bond motifs is 3. The molecule has 2 fully saturated rings. The number of aromatic amines is 1. The zero-order valence-corrected chi connectivity index (χ0v) is 23.1. The summed E-state index contributed by atoms with van der Waals surface area (Å²) in [6, 6.07) is 14.7. The molecular weight excluding hydrogens is 516 g/mol. The van der Waals surface area contributed by atoms with Crippen molar-refractivity contribution in [3.05, 3.63) is 78.1 Å². The molecule has 1 amide bonds. The van der Waals surface area contributed by atoms with Gasteiger partial charge in [-0.2, -0.15) is 0 Å². The van der Waals surface area contributed by atoms with Crippen LogP contribution in [0.2, 0.25) is 0 Å². The van der Waals surface area contributed by atoms with Gasteiger partial charge >= 0.3 is 0 Å². The number of nitrogens with zero attached hydrogens (tertiary/aromatic N) is 7. The van der Waals surface area contributed by atoms with Gasteiger partial charge in [-0.15, -0.1) is 0 Å². The number of hydrogen-bond acceptors (Lipinski definition) is 8. The summed E-state index contributed by atoms with van der Waals surface area (Å²) in [5, 5.41) is 2.96. The van der Waals surface area contributed by atoms with Gasteiger partial charge in [0.2, 0.25) is 0 Å². The first kappa shape index (κ1) is 25.2. The van der Waals surface area contributed by atoms with Crippen molar-refractivity contribution in [2.75, 3.05) is 30.8 Å². The third-order valence-electron chi connectivity index (χ3n) is 8.35. The zero-order chi connectivity index (χ0) is 28.1. The molecule has 41 heavy (non-hydrogen) atoms. The summed E-state index contributed by atoms with van der Waals surface area (Å²) in [5.74, 6) is 0.605. The smallest absolute Gasteiger partial charge is 0.274 e. The zero-order valence-electron chi connectivity index (χ0n) is 23.1. The maximum atomic E-state index is 13.4. The lowest BCUT2D eigenvalue weighted by atomic mass is 10.1. The molecule has 2 saturated heterocycles. The molecule has 2 atom stereocenters. The van der Waals surface area contributed by atoms with E-state index in [4.69, 9.17) is 15.7 Å². The summed E-state index contributed by atoms with van der Waals surface area (Å²) in [4.78, 5) is 40.1. The van der Waals surface area contributed by atoms with Crippen LogP contribution >= 0.6 is 0 Å². The molecule has 0 spiro atoms. The number of aromatic nitrogens is 6. The fourth-order valence-corrected chi connectivity index (χ4v) is 6.02. The molecule has 208 valence electrons. The summed E-state index contributed by atoms with van der Waals surface area (Å²) in [7, 11) is 2.22. The van der Waals surface area contributed by atoms with E-state index in [-0.39, 0.29) is 18.1 Å². The normalized spacial score (nSPS) is 18.7. The molecule has 5 aromatic heterocycles. The Kier molecular flexibility index (Phi) is 6.15. The first-order chi connectivity index (χ1) is 19.9. The second kappa shape index (κ2) is 10.0. The number of likely N-dealkylation sites (N-methyl/N-ethyl adjacent to an activating group) is 1. The SMILES string of the molecule is Cc1cnc2ccc(-c3nc(C(=O)NCc4cccc(N5C[C@H]6CC[C@@H](C5)N6C)n4)c(N)nc3-c3ccc[nH]3)cn12. The van der Waals surface area contributed by atoms with Crippen LogP contribution in [0, 0.1) is 6.92 Å². The van der Waals surface area contributed by atoms with E-state index in [2.05, 4.69) is 37.1 Å². The average Bonchev–Trinajstić information content (AvgIpc) is 3.69. The summed E-state index contributed by atoms with van der Waals surface area (Å²) in [6.07, 6.45) is 8.04. The van der Waals surface area contributed by atoms with Gasteiger partial charge in [0.25, 0.3) is 5.91 Å². The molecule has 0 unspecified atom stereocenters. The van der Waals surface area contributed by atoms with E-state index in [0.717, 1.165) is 47.2 Å². The topological polar surface area (TPSA) is 133 Å². The van der Waals surface area contributed by atoms with Crippen LogP contribution in [0.4, 0.5) is 11.6 Å². The van der Waals surface area contributed by atoms with Gasteiger partial charge in [-0.3, -0.25) is 9.69 Å². The first-order valence-electron chi connectivity index (χ1n) is 13.9. The van der Waals surface area contributed by atoms with Gasteiger partial charge in [0.15, 0.2) is 11.5 Å². The number of nitrogens with two attached hydrogens (primary N) is 1. The molecular formula is C30H32N10O. The second-order valence-corrected chi connectivity index (χ2v) is 10.9. The average molecular weight is 549 g/mol. The van der Waals surface area contributed by atoms with Crippen LogP contribution in [0.5, 0.6) is 0 Å². The number of piperazine rings is 1. The number of anilines is 2. The minimum atomic E-state index is -0.404. The van der Waals surface area contributed by atoms with E-state index >= 15 is 0 Å². The lowest BCUT2D eigenvalue weighted by Gasteiger charge is -2.39. The molecule has 11 nitrogen and oxygen atoms in total. The van der Waals surface area contributed by atoms with E-state index in [1.165, 1.54) is 12.8 Å². The Morgan fingerprint density at radius 1 is 1.05 bits per heavy atom. The fraction of sp³-hybridized carbons (Fsp3) is 0.300. The van der Waals surface area contributed by atoms with E-state index in [9.17, 15) is 4.79 Å². The molecule has 0 radical (unpaired) electrons. The van der Waals surface area contributed by atoms with Crippen molar-refractivity contribution in [3.8, 4) is 22.6 Å². The molecule has 2 aliphatic heterocycles. The lowest BCUT2D eigenvalue weighted by Crippen LogP contribution is -2.52. The number of amides is 1. The Labute approximate surface area is 237 Å². The largest absolute Gasteiger partial charge is 0.382 e. The van der Waals surface area contributed by atoms with E-state index in [1.54, 1.807) is 0 Å². The third kappa shape index (κ3) is 4.57. The molecule has 11 heteroatoms. The van der Waals surface area contributed by atoms with E-state index in [1.807, 2.05) is 72.4 Å². The van der Waals surface area contributed by atoms with Gasteiger partial charge < -0.3 is 25.3 Å². The maximum Gasteiger partial charge on any atom is 0.274 e. The Hall–Kier alpha value is -4.77. The molecule has 0 aliphatic carbocycles. The van der Waals surface area contributed by atoms with Crippen LogP contribution in [0.3, 0.4) is 0 Å². The van der Waals surface area contributed by atoms with Crippen molar-refractivity contribution >= 4 is 23.2 Å². The highest BCUT2D eigenvalue weighted by Crippen LogP contribution is 2.32. The quantitative estimate of drug-likeness (QED) is 0.294. The highest BCUT2D eigenvalue weighted by atomic mass is 16.1. The van der Waals surface area contributed by atoms with Crippen LogP contribution < -0.4 is 16.0 Å². The van der Waals surface area contributed by atoms with Crippen LogP contribution in [0.15, 0.2) is 61.1 Å². The van der Waals surface area contributed by atoms with Gasteiger partial charge in [-0.1, -0.05) is 6.07 Å². The van der Waals surface area contributed by atoms with Crippen molar-refractivity contribution < 1.29 is 4.79 Å². The number of nitrogens with one attached hydrogen (secondary N) is 2. The number of H-pyrrole nitrogens is 1. The van der Waals surface area contributed by atoms with Crippen molar-refractivity contribution in [1.82, 2.24) is 39.5 Å². The van der Waals surface area contributed by atoms with E-state index in [0.29, 0.717) is 23.5 Å². The summed E-state index contributed by atoms with van der Waals surface area (Å²) in [6.45, 7) is 4.19. The predicted molar refractivity (Wildman–Crippen MR) is 157 cm³/mol.